The second kappa shape index (κ2) is 10.9. The summed E-state index contributed by atoms with van der Waals surface area (Å²) in [6.45, 7) is 9.03. The molecule has 228 valence electrons. The van der Waals surface area contributed by atoms with E-state index in [-0.39, 0.29) is 0 Å². The second-order valence-corrected chi connectivity index (χ2v) is 13.5. The molecule has 0 aliphatic heterocycles. The highest BCUT2D eigenvalue weighted by Gasteiger charge is 2.22. The highest BCUT2D eigenvalue weighted by atomic mass is 14.3. The summed E-state index contributed by atoms with van der Waals surface area (Å²) in [5, 5.41) is 12.9. The van der Waals surface area contributed by atoms with Crippen molar-refractivity contribution in [3.63, 3.8) is 0 Å². The van der Waals surface area contributed by atoms with Gasteiger partial charge in [0.1, 0.15) is 0 Å². The molecule has 0 saturated carbocycles. The SMILES string of the molecule is Cc1cc2c(-c3cc4ccccc4cc3-c3ccccc3)c3cc(C)c(C)cc3c(-c3cc4ccccc4c4ccccc34)c2cc1C. The van der Waals surface area contributed by atoms with E-state index in [2.05, 4.69) is 173 Å². The van der Waals surface area contributed by atoms with E-state index in [1.165, 1.54) is 109 Å². The quantitative estimate of drug-likeness (QED) is 0.138. The maximum Gasteiger partial charge on any atom is -0.00197 e. The molecule has 0 heterocycles. The second-order valence-electron chi connectivity index (χ2n) is 13.5. The molecule has 9 rings (SSSR count). The topological polar surface area (TPSA) is 0 Å². The van der Waals surface area contributed by atoms with E-state index in [0.717, 1.165) is 0 Å². The Labute approximate surface area is 281 Å². The molecule has 0 aliphatic carbocycles. The zero-order chi connectivity index (χ0) is 32.5. The van der Waals surface area contributed by atoms with E-state index in [1.807, 2.05) is 0 Å². The van der Waals surface area contributed by atoms with Gasteiger partial charge in [0.15, 0.2) is 0 Å². The first-order valence-electron chi connectivity index (χ1n) is 16.9. The van der Waals surface area contributed by atoms with Gasteiger partial charge in [-0.2, -0.15) is 0 Å². The molecule has 9 aromatic rings. The lowest BCUT2D eigenvalue weighted by Crippen LogP contribution is -1.97. The monoisotopic (exact) mass is 612 g/mol. The van der Waals surface area contributed by atoms with E-state index in [0.29, 0.717) is 0 Å². The number of fused-ring (bicyclic) bond motifs is 6. The van der Waals surface area contributed by atoms with Crippen LogP contribution in [-0.2, 0) is 0 Å². The molecule has 0 atom stereocenters. The summed E-state index contributed by atoms with van der Waals surface area (Å²) in [6.07, 6.45) is 0. The molecule has 48 heavy (non-hydrogen) atoms. The number of hydrogen-bond acceptors (Lipinski definition) is 0. The number of rotatable bonds is 3. The van der Waals surface area contributed by atoms with Gasteiger partial charge in [-0.15, -0.1) is 0 Å². The molecule has 0 saturated heterocycles. The van der Waals surface area contributed by atoms with Crippen LogP contribution in [0, 0.1) is 27.7 Å². The summed E-state index contributed by atoms with van der Waals surface area (Å²) in [4.78, 5) is 0. The van der Waals surface area contributed by atoms with Gasteiger partial charge in [0, 0.05) is 0 Å². The van der Waals surface area contributed by atoms with Crippen molar-refractivity contribution in [2.45, 2.75) is 27.7 Å². The van der Waals surface area contributed by atoms with Gasteiger partial charge in [-0.1, -0.05) is 127 Å². The van der Waals surface area contributed by atoms with Crippen LogP contribution in [0.1, 0.15) is 22.3 Å². The van der Waals surface area contributed by atoms with Crippen molar-refractivity contribution in [3.8, 4) is 33.4 Å². The molecule has 0 heteroatoms. The highest BCUT2D eigenvalue weighted by molar-refractivity contribution is 6.27. The molecule has 0 bridgehead atoms. The Kier molecular flexibility index (Phi) is 6.49. The largest absolute Gasteiger partial charge is 0.0622 e. The van der Waals surface area contributed by atoms with Crippen LogP contribution in [0.15, 0.2) is 146 Å². The molecule has 0 aromatic heterocycles. The van der Waals surface area contributed by atoms with Gasteiger partial charge in [0.2, 0.25) is 0 Å². The van der Waals surface area contributed by atoms with E-state index in [1.54, 1.807) is 0 Å². The molecule has 0 aliphatic rings. The lowest BCUT2D eigenvalue weighted by atomic mass is 9.80. The molecule has 0 fully saturated rings. The maximum absolute atomic E-state index is 2.45. The van der Waals surface area contributed by atoms with Crippen LogP contribution in [0.25, 0.3) is 87.2 Å². The van der Waals surface area contributed by atoms with Crippen LogP contribution in [0.2, 0.25) is 0 Å². The van der Waals surface area contributed by atoms with Crippen molar-refractivity contribution in [2.24, 2.45) is 0 Å². The predicted octanol–water partition coefficient (Wildman–Crippen LogP) is 13.7. The van der Waals surface area contributed by atoms with Gasteiger partial charge in [-0.3, -0.25) is 0 Å². The van der Waals surface area contributed by atoms with Crippen LogP contribution in [0.4, 0.5) is 0 Å². The Morgan fingerprint density at radius 3 is 1.23 bits per heavy atom. The van der Waals surface area contributed by atoms with Crippen LogP contribution in [0.3, 0.4) is 0 Å². The Balaban J connectivity index is 1.53. The minimum Gasteiger partial charge on any atom is -0.0622 e. The van der Waals surface area contributed by atoms with E-state index >= 15 is 0 Å². The van der Waals surface area contributed by atoms with Crippen molar-refractivity contribution in [2.75, 3.05) is 0 Å². The van der Waals surface area contributed by atoms with E-state index < -0.39 is 0 Å². The van der Waals surface area contributed by atoms with Crippen LogP contribution in [-0.4, -0.2) is 0 Å². The molecule has 0 nitrogen and oxygen atoms in total. The molecule has 9 aromatic carbocycles. The summed E-state index contributed by atoms with van der Waals surface area (Å²) in [7, 11) is 0. The molecule has 0 N–H and O–H groups in total. The van der Waals surface area contributed by atoms with Crippen molar-refractivity contribution in [1.82, 2.24) is 0 Å². The molecular weight excluding hydrogens is 577 g/mol. The average Bonchev–Trinajstić information content (AvgIpc) is 3.12. The third kappa shape index (κ3) is 4.37. The van der Waals surface area contributed by atoms with E-state index in [9.17, 15) is 0 Å². The van der Waals surface area contributed by atoms with Crippen molar-refractivity contribution < 1.29 is 0 Å². The summed E-state index contributed by atoms with van der Waals surface area (Å²) < 4.78 is 0. The van der Waals surface area contributed by atoms with Crippen molar-refractivity contribution in [3.05, 3.63) is 168 Å². The average molecular weight is 613 g/mol. The fourth-order valence-electron chi connectivity index (χ4n) is 7.90. The molecule has 0 spiro atoms. The van der Waals surface area contributed by atoms with Crippen LogP contribution in [0.5, 0.6) is 0 Å². The molecular formula is C48H36. The van der Waals surface area contributed by atoms with Crippen molar-refractivity contribution in [1.29, 1.82) is 0 Å². The molecule has 0 amide bonds. The standard InChI is InChI=1S/C48H36/c1-29-22-41-43(24-31(29)3)48(46-27-35-17-9-8-16-34(35)26-40(46)33-14-6-5-7-15-33)44-25-32(4)30(2)23-42(44)47(41)45-28-36-18-10-11-19-37(36)38-20-12-13-21-39(38)45/h5-28H,1-4H3. The smallest absolute Gasteiger partial charge is 0.00197 e. The first-order chi connectivity index (χ1) is 23.5. The predicted molar refractivity (Wildman–Crippen MR) is 209 cm³/mol. The summed E-state index contributed by atoms with van der Waals surface area (Å²) in [6, 6.07) is 54.5. The summed E-state index contributed by atoms with van der Waals surface area (Å²) in [5.41, 5.74) is 12.9. The highest BCUT2D eigenvalue weighted by Crippen LogP contribution is 2.50. The minimum absolute atomic E-state index is 1.23. The summed E-state index contributed by atoms with van der Waals surface area (Å²) >= 11 is 0. The first kappa shape index (κ1) is 28.5. The Morgan fingerprint density at radius 2 is 0.667 bits per heavy atom. The minimum atomic E-state index is 1.23. The zero-order valence-electron chi connectivity index (χ0n) is 27.9. The van der Waals surface area contributed by atoms with Gasteiger partial charge in [-0.05, 0) is 155 Å². The maximum atomic E-state index is 2.45. The fourth-order valence-corrected chi connectivity index (χ4v) is 7.90. The third-order valence-electron chi connectivity index (χ3n) is 10.6. The van der Waals surface area contributed by atoms with Gasteiger partial charge in [-0.25, -0.2) is 0 Å². The zero-order valence-corrected chi connectivity index (χ0v) is 27.9. The molecule has 0 radical (unpaired) electrons. The number of hydrogen-bond donors (Lipinski definition) is 0. The van der Waals surface area contributed by atoms with Crippen LogP contribution < -0.4 is 0 Å². The third-order valence-corrected chi connectivity index (χ3v) is 10.6. The van der Waals surface area contributed by atoms with Gasteiger partial charge >= 0.3 is 0 Å². The lowest BCUT2D eigenvalue weighted by Gasteiger charge is -2.23. The van der Waals surface area contributed by atoms with Gasteiger partial charge in [0.25, 0.3) is 0 Å². The Hall–Kier alpha value is -5.72. The number of benzene rings is 9. The van der Waals surface area contributed by atoms with Crippen LogP contribution >= 0.6 is 0 Å². The van der Waals surface area contributed by atoms with Gasteiger partial charge < -0.3 is 0 Å². The number of aryl methyl sites for hydroxylation is 4. The first-order valence-corrected chi connectivity index (χ1v) is 16.9. The van der Waals surface area contributed by atoms with Crippen molar-refractivity contribution >= 4 is 53.9 Å². The summed E-state index contributed by atoms with van der Waals surface area (Å²) in [5.74, 6) is 0. The van der Waals surface area contributed by atoms with Gasteiger partial charge in [0.05, 0.1) is 0 Å². The Morgan fingerprint density at radius 1 is 0.271 bits per heavy atom. The lowest BCUT2D eigenvalue weighted by molar-refractivity contribution is 1.36. The van der Waals surface area contributed by atoms with E-state index in [4.69, 9.17) is 0 Å². The molecule has 0 unspecified atom stereocenters. The normalized spacial score (nSPS) is 11.8. The fraction of sp³-hybridized carbons (Fsp3) is 0.0833. The Bertz CT molecular complexity index is 2680.